The van der Waals surface area contributed by atoms with Crippen molar-refractivity contribution < 1.29 is 14.3 Å². The summed E-state index contributed by atoms with van der Waals surface area (Å²) in [4.78, 5) is 15.3. The highest BCUT2D eigenvalue weighted by Crippen LogP contribution is 2.52. The van der Waals surface area contributed by atoms with Gasteiger partial charge in [-0.05, 0) is 42.1 Å². The Morgan fingerprint density at radius 1 is 1.11 bits per heavy atom. The van der Waals surface area contributed by atoms with Gasteiger partial charge in [0.2, 0.25) is 0 Å². The summed E-state index contributed by atoms with van der Waals surface area (Å²) in [6.45, 7) is 0. The number of fused-ring (bicyclic) bond motifs is 2. The maximum absolute atomic E-state index is 13.3. The standard InChI is InChI=1S/C22H20N2O3S/c25-21-22(27-20-10-9-17(24(20)21)14-5-2-1-3-6-14)11-15(12-22)26-18-7-4-8-19-16(18)13-23-28-19/h1-8,13,15,17,20H,9-12H2/t15?,17-,20+,22?/m0/s1. The molecule has 2 saturated heterocycles. The molecule has 3 fully saturated rings. The molecule has 2 aliphatic heterocycles. The minimum absolute atomic E-state index is 0.00431. The number of carbonyl (C=O) groups is 1. The molecule has 142 valence electrons. The van der Waals surface area contributed by atoms with Crippen molar-refractivity contribution >= 4 is 27.5 Å². The summed E-state index contributed by atoms with van der Waals surface area (Å²) in [7, 11) is 0. The lowest BCUT2D eigenvalue weighted by atomic mass is 9.76. The molecular weight excluding hydrogens is 372 g/mol. The Kier molecular flexibility index (Phi) is 3.55. The van der Waals surface area contributed by atoms with Crippen molar-refractivity contribution in [2.24, 2.45) is 0 Å². The van der Waals surface area contributed by atoms with E-state index in [1.54, 1.807) is 0 Å². The molecule has 0 unspecified atom stereocenters. The molecule has 0 bridgehead atoms. The van der Waals surface area contributed by atoms with Gasteiger partial charge in [0.15, 0.2) is 5.60 Å². The summed E-state index contributed by atoms with van der Waals surface area (Å²) >= 11 is 1.47. The van der Waals surface area contributed by atoms with Crippen LogP contribution in [-0.2, 0) is 9.53 Å². The van der Waals surface area contributed by atoms with Crippen LogP contribution >= 0.6 is 11.5 Å². The van der Waals surface area contributed by atoms with Crippen molar-refractivity contribution in [3.63, 3.8) is 0 Å². The second-order valence-corrected chi connectivity index (χ2v) is 8.76. The Bertz CT molecular complexity index is 1040. The number of hydrogen-bond donors (Lipinski definition) is 0. The minimum atomic E-state index is -0.691. The molecule has 6 rings (SSSR count). The highest BCUT2D eigenvalue weighted by atomic mass is 32.1. The summed E-state index contributed by atoms with van der Waals surface area (Å²) in [6.07, 6.45) is 4.86. The summed E-state index contributed by atoms with van der Waals surface area (Å²) in [6, 6.07) is 16.4. The monoisotopic (exact) mass is 392 g/mol. The molecule has 0 N–H and O–H groups in total. The zero-order chi connectivity index (χ0) is 18.7. The van der Waals surface area contributed by atoms with E-state index in [1.165, 1.54) is 17.1 Å². The Balaban J connectivity index is 1.19. The van der Waals surface area contributed by atoms with Gasteiger partial charge in [-0.15, -0.1) is 0 Å². The zero-order valence-electron chi connectivity index (χ0n) is 15.3. The van der Waals surface area contributed by atoms with E-state index in [-0.39, 0.29) is 24.3 Å². The molecule has 3 heterocycles. The first-order chi connectivity index (χ1) is 13.7. The Labute approximate surface area is 167 Å². The van der Waals surface area contributed by atoms with Gasteiger partial charge in [-0.2, -0.15) is 4.37 Å². The Morgan fingerprint density at radius 3 is 2.82 bits per heavy atom. The lowest BCUT2D eigenvalue weighted by Gasteiger charge is -2.42. The van der Waals surface area contributed by atoms with Crippen molar-refractivity contribution in [3.8, 4) is 5.75 Å². The number of benzene rings is 2. The third-order valence-corrected chi connectivity index (χ3v) is 7.03. The second-order valence-electron chi connectivity index (χ2n) is 7.92. The number of aromatic nitrogens is 1. The molecule has 0 radical (unpaired) electrons. The van der Waals surface area contributed by atoms with E-state index in [2.05, 4.69) is 16.5 Å². The van der Waals surface area contributed by atoms with Crippen LogP contribution in [-0.4, -0.2) is 33.1 Å². The van der Waals surface area contributed by atoms with Gasteiger partial charge < -0.3 is 14.4 Å². The molecule has 3 aromatic rings. The number of ether oxygens (including phenoxy) is 2. The van der Waals surface area contributed by atoms with Crippen molar-refractivity contribution in [1.82, 2.24) is 9.27 Å². The van der Waals surface area contributed by atoms with Gasteiger partial charge in [0.1, 0.15) is 18.1 Å². The predicted molar refractivity (Wildman–Crippen MR) is 106 cm³/mol. The molecular formula is C22H20N2O3S. The van der Waals surface area contributed by atoms with Crippen LogP contribution in [0.25, 0.3) is 10.1 Å². The third kappa shape index (κ3) is 2.34. The fourth-order valence-electron chi connectivity index (χ4n) is 4.89. The summed E-state index contributed by atoms with van der Waals surface area (Å²) in [5.74, 6) is 0.985. The number of carbonyl (C=O) groups excluding carboxylic acids is 1. The molecule has 1 amide bonds. The summed E-state index contributed by atoms with van der Waals surface area (Å²) in [5, 5.41) is 1.04. The minimum Gasteiger partial charge on any atom is -0.489 e. The SMILES string of the molecule is O=C1N2[C@@H](CC[C@H]2c2ccccc2)OC12CC(Oc1cccc3sncc13)C2. The largest absolute Gasteiger partial charge is 0.489 e. The molecule has 2 atom stereocenters. The first-order valence-corrected chi connectivity index (χ1v) is 10.6. The highest BCUT2D eigenvalue weighted by molar-refractivity contribution is 7.13. The first-order valence-electron chi connectivity index (χ1n) is 9.79. The molecule has 5 nitrogen and oxygen atoms in total. The summed E-state index contributed by atoms with van der Waals surface area (Å²) < 4.78 is 17.9. The lowest BCUT2D eigenvalue weighted by Crippen LogP contribution is -2.56. The van der Waals surface area contributed by atoms with Crippen molar-refractivity contribution in [2.45, 2.75) is 49.7 Å². The quantitative estimate of drug-likeness (QED) is 0.667. The fourth-order valence-corrected chi connectivity index (χ4v) is 5.56. The van der Waals surface area contributed by atoms with Gasteiger partial charge >= 0.3 is 0 Å². The maximum atomic E-state index is 13.3. The van der Waals surface area contributed by atoms with Gasteiger partial charge in [-0.25, -0.2) is 0 Å². The smallest absolute Gasteiger partial charge is 0.257 e. The van der Waals surface area contributed by atoms with Crippen LogP contribution in [0.5, 0.6) is 5.75 Å². The predicted octanol–water partition coefficient (Wildman–Crippen LogP) is 4.30. The Hall–Kier alpha value is -2.44. The zero-order valence-corrected chi connectivity index (χ0v) is 16.1. The number of hydrogen-bond acceptors (Lipinski definition) is 5. The van der Waals surface area contributed by atoms with Crippen LogP contribution < -0.4 is 4.74 Å². The third-order valence-electron chi connectivity index (χ3n) is 6.27. The first kappa shape index (κ1) is 16.5. The molecule has 1 saturated carbocycles. The highest BCUT2D eigenvalue weighted by Gasteiger charge is 2.63. The van der Waals surface area contributed by atoms with Crippen LogP contribution in [0.2, 0.25) is 0 Å². The molecule has 28 heavy (non-hydrogen) atoms. The number of amides is 1. The van der Waals surface area contributed by atoms with Crippen molar-refractivity contribution in [1.29, 1.82) is 0 Å². The molecule has 1 spiro atoms. The lowest BCUT2D eigenvalue weighted by molar-refractivity contribution is -0.162. The molecule has 2 aromatic carbocycles. The van der Waals surface area contributed by atoms with E-state index in [0.717, 1.165) is 28.7 Å². The van der Waals surface area contributed by atoms with Crippen LogP contribution in [0.3, 0.4) is 0 Å². The average molecular weight is 392 g/mol. The van der Waals surface area contributed by atoms with Crippen LogP contribution in [0.1, 0.15) is 37.3 Å². The van der Waals surface area contributed by atoms with E-state index in [0.29, 0.717) is 12.8 Å². The van der Waals surface area contributed by atoms with E-state index >= 15 is 0 Å². The number of rotatable bonds is 3. The van der Waals surface area contributed by atoms with Crippen molar-refractivity contribution in [2.75, 3.05) is 0 Å². The Morgan fingerprint density at radius 2 is 1.96 bits per heavy atom. The van der Waals surface area contributed by atoms with E-state index in [1.807, 2.05) is 47.5 Å². The van der Waals surface area contributed by atoms with Gasteiger partial charge in [0, 0.05) is 12.8 Å². The summed E-state index contributed by atoms with van der Waals surface area (Å²) in [5.41, 5.74) is 0.506. The second kappa shape index (κ2) is 6.03. The fraction of sp³-hybridized carbons (Fsp3) is 0.364. The van der Waals surface area contributed by atoms with Crippen LogP contribution in [0.4, 0.5) is 0 Å². The van der Waals surface area contributed by atoms with Crippen molar-refractivity contribution in [3.05, 3.63) is 60.3 Å². The van der Waals surface area contributed by atoms with Crippen LogP contribution in [0.15, 0.2) is 54.7 Å². The van der Waals surface area contributed by atoms with E-state index in [9.17, 15) is 4.79 Å². The average Bonchev–Trinajstić information content (AvgIpc) is 3.38. The van der Waals surface area contributed by atoms with E-state index in [4.69, 9.17) is 9.47 Å². The van der Waals surface area contributed by atoms with Gasteiger partial charge in [-0.3, -0.25) is 4.79 Å². The van der Waals surface area contributed by atoms with E-state index < -0.39 is 5.60 Å². The van der Waals surface area contributed by atoms with Crippen LogP contribution in [0, 0.1) is 0 Å². The maximum Gasteiger partial charge on any atom is 0.257 e. The van der Waals surface area contributed by atoms with Gasteiger partial charge in [0.25, 0.3) is 5.91 Å². The molecule has 6 heteroatoms. The van der Waals surface area contributed by atoms with Gasteiger partial charge in [0.05, 0.1) is 22.3 Å². The normalized spacial score (nSPS) is 31.4. The number of nitrogens with zero attached hydrogens (tertiary/aromatic N) is 2. The topological polar surface area (TPSA) is 51.7 Å². The van der Waals surface area contributed by atoms with Gasteiger partial charge in [-0.1, -0.05) is 36.4 Å². The molecule has 3 aliphatic rings. The molecule has 1 aromatic heterocycles. The molecule has 1 aliphatic carbocycles.